The first-order valence-electron chi connectivity index (χ1n) is 5.23. The SMILES string of the molecule is CC1OCCC1CNc1ccc(F)cn1. The lowest BCUT2D eigenvalue weighted by molar-refractivity contribution is 0.108. The van der Waals surface area contributed by atoms with Crippen LogP contribution in [-0.4, -0.2) is 24.2 Å². The summed E-state index contributed by atoms with van der Waals surface area (Å²) in [4.78, 5) is 3.94. The third kappa shape index (κ3) is 2.65. The lowest BCUT2D eigenvalue weighted by Crippen LogP contribution is -2.21. The molecular formula is C11H15FN2O. The van der Waals surface area contributed by atoms with Crippen molar-refractivity contribution in [1.82, 2.24) is 4.98 Å². The van der Waals surface area contributed by atoms with E-state index in [4.69, 9.17) is 4.74 Å². The smallest absolute Gasteiger partial charge is 0.141 e. The number of nitrogens with one attached hydrogen (secondary N) is 1. The Hall–Kier alpha value is -1.16. The van der Waals surface area contributed by atoms with Gasteiger partial charge in [0, 0.05) is 19.1 Å². The minimum atomic E-state index is -0.307. The molecule has 1 aliphatic rings. The van der Waals surface area contributed by atoms with Crippen LogP contribution in [0.3, 0.4) is 0 Å². The molecule has 2 unspecified atom stereocenters. The van der Waals surface area contributed by atoms with Crippen molar-refractivity contribution >= 4 is 5.82 Å². The molecule has 1 saturated heterocycles. The molecule has 1 aliphatic heterocycles. The maximum absolute atomic E-state index is 12.6. The van der Waals surface area contributed by atoms with Crippen molar-refractivity contribution in [2.75, 3.05) is 18.5 Å². The lowest BCUT2D eigenvalue weighted by Gasteiger charge is -2.14. The van der Waals surface area contributed by atoms with E-state index in [1.165, 1.54) is 12.3 Å². The van der Waals surface area contributed by atoms with Gasteiger partial charge in [-0.1, -0.05) is 0 Å². The van der Waals surface area contributed by atoms with Gasteiger partial charge in [0.2, 0.25) is 0 Å². The monoisotopic (exact) mass is 210 g/mol. The lowest BCUT2D eigenvalue weighted by atomic mass is 10.0. The third-order valence-electron chi connectivity index (χ3n) is 2.81. The van der Waals surface area contributed by atoms with Crippen molar-refractivity contribution < 1.29 is 9.13 Å². The molecule has 1 aromatic rings. The highest BCUT2D eigenvalue weighted by Gasteiger charge is 2.23. The first-order valence-corrected chi connectivity index (χ1v) is 5.23. The second kappa shape index (κ2) is 4.57. The predicted molar refractivity (Wildman–Crippen MR) is 56.2 cm³/mol. The molecule has 1 fully saturated rings. The molecule has 0 saturated carbocycles. The van der Waals surface area contributed by atoms with E-state index in [1.54, 1.807) is 6.07 Å². The fourth-order valence-electron chi connectivity index (χ4n) is 1.76. The number of aromatic nitrogens is 1. The van der Waals surface area contributed by atoms with Crippen LogP contribution in [0.4, 0.5) is 10.2 Å². The van der Waals surface area contributed by atoms with E-state index >= 15 is 0 Å². The summed E-state index contributed by atoms with van der Waals surface area (Å²) in [5.41, 5.74) is 0. The second-order valence-electron chi connectivity index (χ2n) is 3.87. The van der Waals surface area contributed by atoms with Gasteiger partial charge in [-0.3, -0.25) is 0 Å². The molecule has 2 heterocycles. The van der Waals surface area contributed by atoms with Crippen molar-refractivity contribution in [3.8, 4) is 0 Å². The van der Waals surface area contributed by atoms with E-state index in [0.29, 0.717) is 12.0 Å². The van der Waals surface area contributed by atoms with E-state index in [-0.39, 0.29) is 5.82 Å². The van der Waals surface area contributed by atoms with Gasteiger partial charge in [0.25, 0.3) is 0 Å². The average Bonchev–Trinajstić information content (AvgIpc) is 2.63. The zero-order valence-corrected chi connectivity index (χ0v) is 8.74. The average molecular weight is 210 g/mol. The number of nitrogens with zero attached hydrogens (tertiary/aromatic N) is 1. The summed E-state index contributed by atoms with van der Waals surface area (Å²) in [7, 11) is 0. The normalized spacial score (nSPS) is 25.5. The van der Waals surface area contributed by atoms with Gasteiger partial charge in [-0.05, 0) is 25.5 Å². The van der Waals surface area contributed by atoms with Crippen LogP contribution in [0.1, 0.15) is 13.3 Å². The third-order valence-corrected chi connectivity index (χ3v) is 2.81. The van der Waals surface area contributed by atoms with Crippen LogP contribution in [0.5, 0.6) is 0 Å². The largest absolute Gasteiger partial charge is 0.378 e. The standard InChI is InChI=1S/C11H15FN2O/c1-8-9(4-5-15-8)6-13-11-3-2-10(12)7-14-11/h2-3,7-9H,4-6H2,1H3,(H,13,14). The zero-order chi connectivity index (χ0) is 10.7. The highest BCUT2D eigenvalue weighted by atomic mass is 19.1. The van der Waals surface area contributed by atoms with Gasteiger partial charge in [0.05, 0.1) is 12.3 Å². The van der Waals surface area contributed by atoms with Crippen LogP contribution in [0.25, 0.3) is 0 Å². The first kappa shape index (κ1) is 10.4. The van der Waals surface area contributed by atoms with Gasteiger partial charge in [-0.25, -0.2) is 9.37 Å². The molecule has 2 rings (SSSR count). The summed E-state index contributed by atoms with van der Waals surface area (Å²) < 4.78 is 18.0. The fraction of sp³-hybridized carbons (Fsp3) is 0.545. The summed E-state index contributed by atoms with van der Waals surface area (Å²) in [6.45, 7) is 3.75. The number of pyridine rings is 1. The minimum Gasteiger partial charge on any atom is -0.378 e. The summed E-state index contributed by atoms with van der Waals surface area (Å²) in [5.74, 6) is 0.936. The van der Waals surface area contributed by atoms with Crippen LogP contribution in [0.2, 0.25) is 0 Å². The molecule has 82 valence electrons. The maximum Gasteiger partial charge on any atom is 0.141 e. The number of anilines is 1. The summed E-state index contributed by atoms with van der Waals surface area (Å²) >= 11 is 0. The molecule has 2 atom stereocenters. The molecule has 15 heavy (non-hydrogen) atoms. The predicted octanol–water partition coefficient (Wildman–Crippen LogP) is 2.06. The quantitative estimate of drug-likeness (QED) is 0.829. The van der Waals surface area contributed by atoms with Crippen molar-refractivity contribution in [2.24, 2.45) is 5.92 Å². The Bertz CT molecular complexity index is 315. The molecule has 4 heteroatoms. The summed E-state index contributed by atoms with van der Waals surface area (Å²) in [6.07, 6.45) is 2.60. The number of ether oxygens (including phenoxy) is 1. The van der Waals surface area contributed by atoms with E-state index in [1.807, 2.05) is 0 Å². The summed E-state index contributed by atoms with van der Waals surface area (Å²) in [6, 6.07) is 3.06. The van der Waals surface area contributed by atoms with Crippen LogP contribution in [0, 0.1) is 11.7 Å². The highest BCUT2D eigenvalue weighted by Crippen LogP contribution is 2.20. The Balaban J connectivity index is 1.85. The van der Waals surface area contributed by atoms with E-state index < -0.39 is 0 Å². The maximum atomic E-state index is 12.6. The van der Waals surface area contributed by atoms with Crippen molar-refractivity contribution in [3.63, 3.8) is 0 Å². The van der Waals surface area contributed by atoms with Crippen molar-refractivity contribution in [2.45, 2.75) is 19.4 Å². The zero-order valence-electron chi connectivity index (χ0n) is 8.74. The molecule has 1 N–H and O–H groups in total. The van der Waals surface area contributed by atoms with Crippen LogP contribution >= 0.6 is 0 Å². The molecule has 3 nitrogen and oxygen atoms in total. The van der Waals surface area contributed by atoms with Gasteiger partial charge < -0.3 is 10.1 Å². The van der Waals surface area contributed by atoms with Gasteiger partial charge in [0.15, 0.2) is 0 Å². The van der Waals surface area contributed by atoms with Gasteiger partial charge in [-0.15, -0.1) is 0 Å². The molecular weight excluding hydrogens is 195 g/mol. The number of rotatable bonds is 3. The molecule has 0 spiro atoms. The Morgan fingerprint density at radius 2 is 2.47 bits per heavy atom. The van der Waals surface area contributed by atoms with Crippen LogP contribution < -0.4 is 5.32 Å². The molecule has 0 radical (unpaired) electrons. The van der Waals surface area contributed by atoms with E-state index in [0.717, 1.165) is 25.4 Å². The minimum absolute atomic E-state index is 0.304. The van der Waals surface area contributed by atoms with Gasteiger partial charge in [-0.2, -0.15) is 0 Å². The molecule has 0 bridgehead atoms. The molecule has 0 aromatic carbocycles. The van der Waals surface area contributed by atoms with E-state index in [9.17, 15) is 4.39 Å². The van der Waals surface area contributed by atoms with Gasteiger partial charge >= 0.3 is 0 Å². The molecule has 0 aliphatic carbocycles. The molecule has 1 aromatic heterocycles. The Morgan fingerprint density at radius 3 is 3.07 bits per heavy atom. The van der Waals surface area contributed by atoms with Crippen molar-refractivity contribution in [3.05, 3.63) is 24.1 Å². The molecule has 0 amide bonds. The summed E-state index contributed by atoms with van der Waals surface area (Å²) in [5, 5.41) is 3.19. The van der Waals surface area contributed by atoms with Crippen LogP contribution in [-0.2, 0) is 4.74 Å². The topological polar surface area (TPSA) is 34.1 Å². The number of halogens is 1. The second-order valence-corrected chi connectivity index (χ2v) is 3.87. The highest BCUT2D eigenvalue weighted by molar-refractivity contribution is 5.33. The number of hydrogen-bond donors (Lipinski definition) is 1. The van der Waals surface area contributed by atoms with Crippen LogP contribution in [0.15, 0.2) is 18.3 Å². The Morgan fingerprint density at radius 1 is 1.60 bits per heavy atom. The first-order chi connectivity index (χ1) is 7.25. The fourth-order valence-corrected chi connectivity index (χ4v) is 1.76. The Kier molecular flexibility index (Phi) is 3.16. The number of hydrogen-bond acceptors (Lipinski definition) is 3. The van der Waals surface area contributed by atoms with Crippen molar-refractivity contribution in [1.29, 1.82) is 0 Å². The Labute approximate surface area is 88.7 Å². The van der Waals surface area contributed by atoms with Gasteiger partial charge in [0.1, 0.15) is 11.6 Å². The van der Waals surface area contributed by atoms with E-state index in [2.05, 4.69) is 17.2 Å².